The molecule has 0 bridgehead atoms. The van der Waals surface area contributed by atoms with Crippen molar-refractivity contribution >= 4 is 17.5 Å². The van der Waals surface area contributed by atoms with Crippen LogP contribution in [0.15, 0.2) is 53.7 Å². The molecule has 1 aromatic heterocycles. The normalized spacial score (nSPS) is 10.7. The molecule has 0 saturated carbocycles. The van der Waals surface area contributed by atoms with Gasteiger partial charge in [0.1, 0.15) is 5.75 Å². The average molecular weight is 367 g/mol. The van der Waals surface area contributed by atoms with Crippen LogP contribution in [-0.4, -0.2) is 32.9 Å². The topological polar surface area (TPSA) is 57.0 Å². The summed E-state index contributed by atoms with van der Waals surface area (Å²) in [7, 11) is 1.92. The van der Waals surface area contributed by atoms with Gasteiger partial charge in [-0.3, -0.25) is 4.79 Å². The van der Waals surface area contributed by atoms with Gasteiger partial charge in [0.05, 0.1) is 12.4 Å². The summed E-state index contributed by atoms with van der Waals surface area (Å²) in [6.07, 6.45) is 0. The third-order valence-corrected chi connectivity index (χ3v) is 4.95. The third-order valence-electron chi connectivity index (χ3n) is 3.93. The van der Waals surface area contributed by atoms with Gasteiger partial charge >= 0.3 is 0 Å². The van der Waals surface area contributed by atoms with Crippen molar-refractivity contribution in [2.75, 3.05) is 12.4 Å². The highest BCUT2D eigenvalue weighted by atomic mass is 32.2. The number of carbonyl (C=O) groups is 1. The van der Waals surface area contributed by atoms with Crippen molar-refractivity contribution in [2.24, 2.45) is 7.05 Å². The zero-order chi connectivity index (χ0) is 18.5. The van der Waals surface area contributed by atoms with Gasteiger partial charge in [-0.15, -0.1) is 10.2 Å². The second-order valence-corrected chi connectivity index (χ2v) is 6.85. The molecule has 134 valence electrons. The first-order chi connectivity index (χ1) is 12.6. The summed E-state index contributed by atoms with van der Waals surface area (Å²) >= 11 is 1.39. The second kappa shape index (κ2) is 8.19. The SMILES string of the molecule is CCOc1ccc(C(=O)CSc2nnc(-c3cccc(C)c3)n2C)cc1. The van der Waals surface area contributed by atoms with Crippen LogP contribution in [0.25, 0.3) is 11.4 Å². The first kappa shape index (κ1) is 18.2. The number of benzene rings is 2. The Morgan fingerprint density at radius 2 is 1.92 bits per heavy atom. The Bertz CT molecular complexity index is 904. The molecule has 3 aromatic rings. The van der Waals surface area contributed by atoms with E-state index in [-0.39, 0.29) is 5.78 Å². The third kappa shape index (κ3) is 4.14. The van der Waals surface area contributed by atoms with E-state index in [1.165, 1.54) is 17.3 Å². The van der Waals surface area contributed by atoms with Crippen molar-refractivity contribution < 1.29 is 9.53 Å². The minimum absolute atomic E-state index is 0.0538. The molecule has 0 N–H and O–H groups in total. The van der Waals surface area contributed by atoms with Gasteiger partial charge < -0.3 is 9.30 Å². The van der Waals surface area contributed by atoms with E-state index >= 15 is 0 Å². The second-order valence-electron chi connectivity index (χ2n) is 5.90. The van der Waals surface area contributed by atoms with Gasteiger partial charge in [-0.2, -0.15) is 0 Å². The summed E-state index contributed by atoms with van der Waals surface area (Å²) in [5.74, 6) is 1.93. The van der Waals surface area contributed by atoms with Gasteiger partial charge in [0, 0.05) is 18.2 Å². The van der Waals surface area contributed by atoms with E-state index in [2.05, 4.69) is 16.3 Å². The smallest absolute Gasteiger partial charge is 0.191 e. The quantitative estimate of drug-likeness (QED) is 0.463. The number of carbonyl (C=O) groups excluding carboxylic acids is 1. The molecule has 0 atom stereocenters. The van der Waals surface area contributed by atoms with Gasteiger partial charge in [0.15, 0.2) is 16.8 Å². The molecule has 0 radical (unpaired) electrons. The summed E-state index contributed by atoms with van der Waals surface area (Å²) in [5.41, 5.74) is 2.86. The lowest BCUT2D eigenvalue weighted by Gasteiger charge is -2.06. The monoisotopic (exact) mass is 367 g/mol. The van der Waals surface area contributed by atoms with Crippen molar-refractivity contribution in [1.82, 2.24) is 14.8 Å². The lowest BCUT2D eigenvalue weighted by atomic mass is 10.1. The van der Waals surface area contributed by atoms with Crippen LogP contribution in [0.1, 0.15) is 22.8 Å². The first-order valence-electron chi connectivity index (χ1n) is 8.43. The number of thioether (sulfide) groups is 1. The van der Waals surface area contributed by atoms with Crippen LogP contribution in [0.5, 0.6) is 5.75 Å². The zero-order valence-electron chi connectivity index (χ0n) is 15.1. The van der Waals surface area contributed by atoms with E-state index in [1.807, 2.05) is 55.8 Å². The van der Waals surface area contributed by atoms with Crippen LogP contribution in [0.4, 0.5) is 0 Å². The molecule has 0 fully saturated rings. The molecule has 0 saturated heterocycles. The number of rotatable bonds is 7. The molecule has 1 heterocycles. The highest BCUT2D eigenvalue weighted by Crippen LogP contribution is 2.24. The number of hydrogen-bond donors (Lipinski definition) is 0. The average Bonchev–Trinajstić information content (AvgIpc) is 3.01. The van der Waals surface area contributed by atoms with Crippen LogP contribution in [0.3, 0.4) is 0 Å². The highest BCUT2D eigenvalue weighted by molar-refractivity contribution is 7.99. The fourth-order valence-electron chi connectivity index (χ4n) is 2.59. The summed E-state index contributed by atoms with van der Waals surface area (Å²) < 4.78 is 7.32. The van der Waals surface area contributed by atoms with Gasteiger partial charge in [-0.05, 0) is 44.2 Å². The molecular formula is C20H21N3O2S. The predicted molar refractivity (Wildman–Crippen MR) is 104 cm³/mol. The van der Waals surface area contributed by atoms with Crippen LogP contribution < -0.4 is 4.74 Å². The molecule has 2 aromatic carbocycles. The number of Topliss-reactive ketones (excluding diaryl/α,β-unsaturated/α-hetero) is 1. The summed E-state index contributed by atoms with van der Waals surface area (Å²) in [6, 6.07) is 15.4. The molecule has 0 aliphatic rings. The van der Waals surface area contributed by atoms with Crippen molar-refractivity contribution in [3.63, 3.8) is 0 Å². The fraction of sp³-hybridized carbons (Fsp3) is 0.250. The molecule has 26 heavy (non-hydrogen) atoms. The fourth-order valence-corrected chi connectivity index (χ4v) is 3.40. The molecule has 0 unspecified atom stereocenters. The number of aromatic nitrogens is 3. The van der Waals surface area contributed by atoms with E-state index in [9.17, 15) is 4.79 Å². The Morgan fingerprint density at radius 3 is 2.62 bits per heavy atom. The van der Waals surface area contributed by atoms with E-state index in [4.69, 9.17) is 4.74 Å². The standard InChI is InChI=1S/C20H21N3O2S/c1-4-25-17-10-8-15(9-11-17)18(24)13-26-20-22-21-19(23(20)3)16-7-5-6-14(2)12-16/h5-12H,4,13H2,1-3H3. The van der Waals surface area contributed by atoms with E-state index in [1.54, 1.807) is 12.1 Å². The number of nitrogens with zero attached hydrogens (tertiary/aromatic N) is 3. The number of hydrogen-bond acceptors (Lipinski definition) is 5. The maximum absolute atomic E-state index is 12.4. The Balaban J connectivity index is 1.67. The lowest BCUT2D eigenvalue weighted by Crippen LogP contribution is -2.04. The highest BCUT2D eigenvalue weighted by Gasteiger charge is 2.14. The Morgan fingerprint density at radius 1 is 1.15 bits per heavy atom. The molecular weight excluding hydrogens is 346 g/mol. The molecule has 0 amide bonds. The van der Waals surface area contributed by atoms with Crippen LogP contribution in [0, 0.1) is 6.92 Å². The van der Waals surface area contributed by atoms with Crippen molar-refractivity contribution in [1.29, 1.82) is 0 Å². The van der Waals surface area contributed by atoms with Gasteiger partial charge in [0.25, 0.3) is 0 Å². The van der Waals surface area contributed by atoms with Crippen molar-refractivity contribution in [2.45, 2.75) is 19.0 Å². The summed E-state index contributed by atoms with van der Waals surface area (Å²) in [4.78, 5) is 12.4. The molecule has 5 nitrogen and oxygen atoms in total. The Hall–Kier alpha value is -2.60. The lowest BCUT2D eigenvalue weighted by molar-refractivity contribution is 0.102. The minimum atomic E-state index is 0.0538. The number of aryl methyl sites for hydroxylation is 1. The predicted octanol–water partition coefficient (Wildman–Crippen LogP) is 4.16. The van der Waals surface area contributed by atoms with Gasteiger partial charge in [-0.25, -0.2) is 0 Å². The largest absolute Gasteiger partial charge is 0.494 e. The summed E-state index contributed by atoms with van der Waals surface area (Å²) in [6.45, 7) is 4.59. The molecule has 0 spiro atoms. The first-order valence-corrected chi connectivity index (χ1v) is 9.42. The Labute approximate surface area is 157 Å². The van der Waals surface area contributed by atoms with Gasteiger partial charge in [-0.1, -0.05) is 35.5 Å². The number of ether oxygens (including phenoxy) is 1. The zero-order valence-corrected chi connectivity index (χ0v) is 15.9. The summed E-state index contributed by atoms with van der Waals surface area (Å²) in [5, 5.41) is 9.23. The van der Waals surface area contributed by atoms with Crippen LogP contribution >= 0.6 is 11.8 Å². The molecule has 0 aliphatic carbocycles. The van der Waals surface area contributed by atoms with Crippen molar-refractivity contribution in [3.8, 4) is 17.1 Å². The maximum atomic E-state index is 12.4. The van der Waals surface area contributed by atoms with E-state index in [0.29, 0.717) is 17.9 Å². The van der Waals surface area contributed by atoms with Crippen LogP contribution in [-0.2, 0) is 7.05 Å². The van der Waals surface area contributed by atoms with E-state index in [0.717, 1.165) is 22.3 Å². The molecule has 0 aliphatic heterocycles. The molecule has 6 heteroatoms. The number of ketones is 1. The minimum Gasteiger partial charge on any atom is -0.494 e. The Kier molecular flexibility index (Phi) is 5.73. The van der Waals surface area contributed by atoms with Crippen LogP contribution in [0.2, 0.25) is 0 Å². The van der Waals surface area contributed by atoms with Gasteiger partial charge in [0.2, 0.25) is 0 Å². The van der Waals surface area contributed by atoms with E-state index < -0.39 is 0 Å². The molecule has 3 rings (SSSR count). The maximum Gasteiger partial charge on any atom is 0.191 e. The van der Waals surface area contributed by atoms with Crippen molar-refractivity contribution in [3.05, 3.63) is 59.7 Å².